The molecule has 1 heterocycles. The molecule has 0 aliphatic heterocycles. The van der Waals surface area contributed by atoms with E-state index in [-0.39, 0.29) is 16.1 Å². The van der Waals surface area contributed by atoms with E-state index in [4.69, 9.17) is 28.9 Å². The van der Waals surface area contributed by atoms with Crippen LogP contribution in [0.15, 0.2) is 12.3 Å². The molecule has 1 rings (SSSR count). The monoisotopic (exact) mass is 233 g/mol. The van der Waals surface area contributed by atoms with Gasteiger partial charge in [0.25, 0.3) is 5.91 Å². The van der Waals surface area contributed by atoms with Crippen LogP contribution >= 0.6 is 23.2 Å². The Bertz CT molecular complexity index is 343. The number of nitrogens with two attached hydrogens (primary N) is 1. The van der Waals surface area contributed by atoms with Crippen LogP contribution in [0.5, 0.6) is 0 Å². The molecule has 3 N–H and O–H groups in total. The minimum Gasteiger partial charge on any atom is -0.351 e. The molecular formula is C8H9Cl2N3O. The number of aromatic nitrogens is 1. The predicted octanol–water partition coefficient (Wildman–Crippen LogP) is 1.08. The first-order chi connectivity index (χ1) is 6.65. The Hall–Kier alpha value is -0.840. The highest BCUT2D eigenvalue weighted by molar-refractivity contribution is 6.41. The molecule has 1 amide bonds. The lowest BCUT2D eigenvalue weighted by Gasteiger charge is -2.03. The fourth-order valence-corrected chi connectivity index (χ4v) is 1.10. The third-order valence-electron chi connectivity index (χ3n) is 1.49. The van der Waals surface area contributed by atoms with Crippen LogP contribution in [0, 0.1) is 0 Å². The Morgan fingerprint density at radius 3 is 2.86 bits per heavy atom. The zero-order valence-electron chi connectivity index (χ0n) is 7.26. The largest absolute Gasteiger partial charge is 0.351 e. The Labute approximate surface area is 91.4 Å². The molecule has 0 unspecified atom stereocenters. The number of pyridine rings is 1. The van der Waals surface area contributed by atoms with E-state index >= 15 is 0 Å². The van der Waals surface area contributed by atoms with Gasteiger partial charge >= 0.3 is 0 Å². The normalized spacial score (nSPS) is 9.93. The van der Waals surface area contributed by atoms with Gasteiger partial charge in [-0.3, -0.25) is 4.79 Å². The van der Waals surface area contributed by atoms with Crippen molar-refractivity contribution >= 4 is 29.1 Å². The van der Waals surface area contributed by atoms with E-state index < -0.39 is 0 Å². The van der Waals surface area contributed by atoms with Crippen molar-refractivity contribution in [3.8, 4) is 0 Å². The fourth-order valence-electron chi connectivity index (χ4n) is 0.833. The molecule has 76 valence electrons. The summed E-state index contributed by atoms with van der Waals surface area (Å²) in [4.78, 5) is 15.1. The zero-order valence-corrected chi connectivity index (χ0v) is 8.77. The average Bonchev–Trinajstić information content (AvgIpc) is 2.18. The highest BCUT2D eigenvalue weighted by atomic mass is 35.5. The number of nitrogens with zero attached hydrogens (tertiary/aromatic N) is 1. The summed E-state index contributed by atoms with van der Waals surface area (Å²) in [6, 6.07) is 1.46. The van der Waals surface area contributed by atoms with E-state index in [0.717, 1.165) is 0 Å². The van der Waals surface area contributed by atoms with Gasteiger partial charge in [0, 0.05) is 19.3 Å². The van der Waals surface area contributed by atoms with Crippen LogP contribution in [0.3, 0.4) is 0 Å². The molecule has 0 radical (unpaired) electrons. The van der Waals surface area contributed by atoms with Crippen molar-refractivity contribution in [1.29, 1.82) is 0 Å². The minimum absolute atomic E-state index is 0.182. The van der Waals surface area contributed by atoms with Crippen molar-refractivity contribution < 1.29 is 4.79 Å². The second-order valence-electron chi connectivity index (χ2n) is 2.54. The van der Waals surface area contributed by atoms with Crippen molar-refractivity contribution in [2.45, 2.75) is 0 Å². The van der Waals surface area contributed by atoms with Crippen LogP contribution in [0.4, 0.5) is 0 Å². The molecule has 0 saturated heterocycles. The number of hydrogen-bond donors (Lipinski definition) is 2. The van der Waals surface area contributed by atoms with E-state index in [2.05, 4.69) is 10.3 Å². The fraction of sp³-hybridized carbons (Fsp3) is 0.250. The predicted molar refractivity (Wildman–Crippen MR) is 55.6 cm³/mol. The maximum absolute atomic E-state index is 11.4. The van der Waals surface area contributed by atoms with Crippen molar-refractivity contribution in [1.82, 2.24) is 10.3 Å². The molecule has 0 aliphatic rings. The molecule has 6 heteroatoms. The molecule has 0 atom stereocenters. The molecule has 4 nitrogen and oxygen atoms in total. The van der Waals surface area contributed by atoms with Crippen molar-refractivity contribution in [3.05, 3.63) is 28.0 Å². The number of carbonyl (C=O) groups excluding carboxylic acids is 1. The van der Waals surface area contributed by atoms with Crippen LogP contribution in [0.2, 0.25) is 10.2 Å². The van der Waals surface area contributed by atoms with Crippen molar-refractivity contribution in [2.75, 3.05) is 13.1 Å². The first-order valence-electron chi connectivity index (χ1n) is 3.94. The molecule has 0 aromatic carbocycles. The number of nitrogens with one attached hydrogen (secondary N) is 1. The molecule has 0 bridgehead atoms. The van der Waals surface area contributed by atoms with Gasteiger partial charge in [0.05, 0.1) is 10.6 Å². The van der Waals surface area contributed by atoms with E-state index in [1.807, 2.05) is 0 Å². The van der Waals surface area contributed by atoms with Crippen LogP contribution in [-0.2, 0) is 0 Å². The van der Waals surface area contributed by atoms with E-state index in [0.29, 0.717) is 18.7 Å². The quantitative estimate of drug-likeness (QED) is 0.769. The first kappa shape index (κ1) is 11.2. The van der Waals surface area contributed by atoms with Crippen LogP contribution in [0.25, 0.3) is 0 Å². The van der Waals surface area contributed by atoms with Crippen molar-refractivity contribution in [2.24, 2.45) is 5.73 Å². The Morgan fingerprint density at radius 1 is 1.57 bits per heavy atom. The zero-order chi connectivity index (χ0) is 10.6. The lowest BCUT2D eigenvalue weighted by molar-refractivity contribution is 0.0954. The second kappa shape index (κ2) is 5.14. The number of carbonyl (C=O) groups is 1. The topological polar surface area (TPSA) is 68.0 Å². The first-order valence-corrected chi connectivity index (χ1v) is 4.70. The van der Waals surface area contributed by atoms with Crippen LogP contribution in [-0.4, -0.2) is 24.0 Å². The van der Waals surface area contributed by atoms with Gasteiger partial charge in [-0.25, -0.2) is 4.98 Å². The summed E-state index contributed by atoms with van der Waals surface area (Å²) in [5.41, 5.74) is 5.60. The van der Waals surface area contributed by atoms with Gasteiger partial charge < -0.3 is 11.1 Å². The van der Waals surface area contributed by atoms with Crippen LogP contribution in [0.1, 0.15) is 10.4 Å². The molecular weight excluding hydrogens is 225 g/mol. The van der Waals surface area contributed by atoms with Crippen molar-refractivity contribution in [3.63, 3.8) is 0 Å². The van der Waals surface area contributed by atoms with Gasteiger partial charge in [-0.1, -0.05) is 23.2 Å². The average molecular weight is 234 g/mol. The number of amides is 1. The Balaban J connectivity index is 2.76. The van der Waals surface area contributed by atoms with Crippen LogP contribution < -0.4 is 11.1 Å². The van der Waals surface area contributed by atoms with E-state index in [9.17, 15) is 4.79 Å². The summed E-state index contributed by atoms with van der Waals surface area (Å²) in [6.45, 7) is 0.805. The summed E-state index contributed by atoms with van der Waals surface area (Å²) < 4.78 is 0. The van der Waals surface area contributed by atoms with E-state index in [1.165, 1.54) is 12.3 Å². The Morgan fingerprint density at radius 2 is 2.29 bits per heavy atom. The summed E-state index contributed by atoms with van der Waals surface area (Å²) in [5.74, 6) is -0.262. The lowest BCUT2D eigenvalue weighted by Crippen LogP contribution is -2.29. The molecule has 14 heavy (non-hydrogen) atoms. The Kier molecular flexibility index (Phi) is 4.13. The van der Waals surface area contributed by atoms with Gasteiger partial charge in [0.15, 0.2) is 0 Å². The highest BCUT2D eigenvalue weighted by Crippen LogP contribution is 2.19. The smallest absolute Gasteiger partial charge is 0.252 e. The number of rotatable bonds is 3. The summed E-state index contributed by atoms with van der Waals surface area (Å²) in [7, 11) is 0. The molecule has 0 saturated carbocycles. The minimum atomic E-state index is -0.262. The highest BCUT2D eigenvalue weighted by Gasteiger charge is 2.07. The van der Waals surface area contributed by atoms with Gasteiger partial charge in [-0.2, -0.15) is 0 Å². The summed E-state index contributed by atoms with van der Waals surface area (Å²) >= 11 is 11.3. The summed E-state index contributed by atoms with van der Waals surface area (Å²) in [5, 5.41) is 3.03. The maximum atomic E-state index is 11.4. The molecule has 0 spiro atoms. The van der Waals surface area contributed by atoms with Gasteiger partial charge in [0.1, 0.15) is 5.15 Å². The van der Waals surface area contributed by atoms with Gasteiger partial charge in [0.2, 0.25) is 0 Å². The maximum Gasteiger partial charge on any atom is 0.252 e. The third-order valence-corrected chi connectivity index (χ3v) is 2.17. The van der Waals surface area contributed by atoms with E-state index in [1.54, 1.807) is 0 Å². The number of hydrogen-bond acceptors (Lipinski definition) is 3. The molecule has 1 aromatic heterocycles. The summed E-state index contributed by atoms with van der Waals surface area (Å²) in [6.07, 6.45) is 1.36. The second-order valence-corrected chi connectivity index (χ2v) is 3.31. The van der Waals surface area contributed by atoms with Gasteiger partial charge in [-0.15, -0.1) is 0 Å². The third kappa shape index (κ3) is 2.83. The standard InChI is InChI=1S/C8H9Cl2N3O/c9-6-3-5(4-13-7(6)10)8(14)12-2-1-11/h3-4H,1-2,11H2,(H,12,14). The molecule has 1 aromatic rings. The number of halogens is 2. The SMILES string of the molecule is NCCNC(=O)c1cnc(Cl)c(Cl)c1. The lowest BCUT2D eigenvalue weighted by atomic mass is 10.3. The molecule has 0 fully saturated rings. The van der Waals surface area contributed by atoms with Gasteiger partial charge in [-0.05, 0) is 6.07 Å². The molecule has 0 aliphatic carbocycles.